The summed E-state index contributed by atoms with van der Waals surface area (Å²) in [5.41, 5.74) is 0.511. The Morgan fingerprint density at radius 1 is 1.27 bits per heavy atom. The van der Waals surface area contributed by atoms with Gasteiger partial charge in [-0.15, -0.1) is 0 Å². The van der Waals surface area contributed by atoms with E-state index in [9.17, 15) is 18.0 Å². The molecule has 0 unspecified atom stereocenters. The van der Waals surface area contributed by atoms with Crippen LogP contribution >= 0.6 is 11.8 Å². The molecule has 0 amide bonds. The van der Waals surface area contributed by atoms with Crippen LogP contribution in [0.3, 0.4) is 0 Å². The van der Waals surface area contributed by atoms with Gasteiger partial charge >= 0.3 is 16.1 Å². The van der Waals surface area contributed by atoms with Crippen LogP contribution in [0.15, 0.2) is 30.3 Å². The van der Waals surface area contributed by atoms with E-state index < -0.39 is 22.1 Å². The highest BCUT2D eigenvalue weighted by molar-refractivity contribution is 8.14. The number of nitrogens with one attached hydrogen (secondary N) is 1. The standard InChI is InChI=1S/C14H17NO5S2/c16-13(12-7-4-8-15-12)20-22(18,19)10-9-21-14(17)11-5-2-1-3-6-11/h1-3,5-6,12,15H,4,7-10H2/t12-/m0/s1. The van der Waals surface area contributed by atoms with E-state index in [1.165, 1.54) is 0 Å². The molecule has 0 radical (unpaired) electrons. The quantitative estimate of drug-likeness (QED) is 0.776. The van der Waals surface area contributed by atoms with Gasteiger partial charge in [-0.1, -0.05) is 42.1 Å². The topological polar surface area (TPSA) is 89.5 Å². The summed E-state index contributed by atoms with van der Waals surface area (Å²) in [6.45, 7) is 0.682. The van der Waals surface area contributed by atoms with Crippen LogP contribution < -0.4 is 5.32 Å². The zero-order valence-corrected chi connectivity index (χ0v) is 13.5. The highest BCUT2D eigenvalue weighted by atomic mass is 32.2. The molecule has 1 aliphatic rings. The summed E-state index contributed by atoms with van der Waals surface area (Å²) >= 11 is 0.891. The summed E-state index contributed by atoms with van der Waals surface area (Å²) in [4.78, 5) is 23.5. The van der Waals surface area contributed by atoms with Crippen molar-refractivity contribution in [2.75, 3.05) is 18.1 Å². The SMILES string of the molecule is O=C(SCCS(=O)(=O)OC(=O)[C@@H]1CCCN1)c1ccccc1. The monoisotopic (exact) mass is 343 g/mol. The van der Waals surface area contributed by atoms with Gasteiger partial charge in [0.25, 0.3) is 0 Å². The zero-order chi connectivity index (χ0) is 16.0. The van der Waals surface area contributed by atoms with Crippen molar-refractivity contribution >= 4 is 33.0 Å². The van der Waals surface area contributed by atoms with Crippen LogP contribution in [-0.2, 0) is 19.1 Å². The first kappa shape index (κ1) is 17.0. The third kappa shape index (κ3) is 5.11. The molecule has 120 valence electrons. The molecule has 6 nitrogen and oxygen atoms in total. The molecule has 1 heterocycles. The molecule has 0 bridgehead atoms. The molecule has 0 aliphatic carbocycles. The molecular weight excluding hydrogens is 326 g/mol. The maximum atomic E-state index is 11.8. The van der Waals surface area contributed by atoms with E-state index in [-0.39, 0.29) is 16.6 Å². The van der Waals surface area contributed by atoms with E-state index in [2.05, 4.69) is 9.50 Å². The third-order valence-electron chi connectivity index (χ3n) is 3.13. The predicted octanol–water partition coefficient (Wildman–Crippen LogP) is 1.18. The fourth-order valence-corrected chi connectivity index (χ4v) is 4.09. The Morgan fingerprint density at radius 3 is 2.64 bits per heavy atom. The molecule has 1 aromatic carbocycles. The molecule has 1 saturated heterocycles. The van der Waals surface area contributed by atoms with Crippen molar-refractivity contribution in [3.8, 4) is 0 Å². The van der Waals surface area contributed by atoms with Crippen LogP contribution in [0.5, 0.6) is 0 Å². The minimum absolute atomic E-state index is 0.0431. The Kier molecular flexibility index (Phi) is 5.98. The summed E-state index contributed by atoms with van der Waals surface area (Å²) in [6, 6.07) is 8.04. The Morgan fingerprint density at radius 2 is 2.00 bits per heavy atom. The fourth-order valence-electron chi connectivity index (χ4n) is 2.00. The van der Waals surface area contributed by atoms with Crippen LogP contribution in [0.1, 0.15) is 23.2 Å². The number of hydrogen-bond donors (Lipinski definition) is 1. The first-order valence-corrected chi connectivity index (χ1v) is 9.46. The Balaban J connectivity index is 1.77. The summed E-state index contributed by atoms with van der Waals surface area (Å²) in [5, 5.41) is 2.67. The second kappa shape index (κ2) is 7.75. The number of hydrogen-bond acceptors (Lipinski definition) is 7. The van der Waals surface area contributed by atoms with Crippen LogP contribution in [-0.4, -0.2) is 43.6 Å². The third-order valence-corrected chi connectivity index (χ3v) is 5.42. The van der Waals surface area contributed by atoms with Gasteiger partial charge in [-0.25, -0.2) is 4.79 Å². The van der Waals surface area contributed by atoms with Crippen molar-refractivity contribution in [3.05, 3.63) is 35.9 Å². The fraction of sp³-hybridized carbons (Fsp3) is 0.429. The second-order valence-electron chi connectivity index (χ2n) is 4.82. The highest BCUT2D eigenvalue weighted by Gasteiger charge is 2.28. The predicted molar refractivity (Wildman–Crippen MR) is 84.1 cm³/mol. The number of carbonyl (C=O) groups is 2. The average Bonchev–Trinajstić information content (AvgIpc) is 3.01. The van der Waals surface area contributed by atoms with E-state index in [4.69, 9.17) is 0 Å². The smallest absolute Gasteiger partial charge is 0.338 e. The molecule has 1 atom stereocenters. The maximum absolute atomic E-state index is 11.8. The Hall–Kier alpha value is -1.38. The lowest BCUT2D eigenvalue weighted by Crippen LogP contribution is -2.34. The first-order valence-electron chi connectivity index (χ1n) is 6.89. The summed E-state index contributed by atoms with van der Waals surface area (Å²) in [6.07, 6.45) is 1.40. The van der Waals surface area contributed by atoms with Gasteiger partial charge < -0.3 is 9.50 Å². The Labute approximate surface area is 133 Å². The number of benzene rings is 1. The number of rotatable bonds is 6. The van der Waals surface area contributed by atoms with E-state index in [1.54, 1.807) is 30.3 Å². The van der Waals surface area contributed by atoms with Crippen LogP contribution in [0.4, 0.5) is 0 Å². The van der Waals surface area contributed by atoms with Gasteiger partial charge in [0.1, 0.15) is 6.04 Å². The van der Waals surface area contributed by atoms with Gasteiger partial charge in [-0.05, 0) is 19.4 Å². The van der Waals surface area contributed by atoms with Crippen molar-refractivity contribution in [1.82, 2.24) is 5.32 Å². The van der Waals surface area contributed by atoms with Crippen molar-refractivity contribution in [2.24, 2.45) is 0 Å². The second-order valence-corrected chi connectivity index (χ2v) is 7.57. The largest absolute Gasteiger partial charge is 0.344 e. The first-order chi connectivity index (χ1) is 10.5. The highest BCUT2D eigenvalue weighted by Crippen LogP contribution is 2.14. The minimum Gasteiger partial charge on any atom is -0.344 e. The van der Waals surface area contributed by atoms with Crippen molar-refractivity contribution in [3.63, 3.8) is 0 Å². The minimum atomic E-state index is -3.96. The lowest BCUT2D eigenvalue weighted by molar-refractivity contribution is -0.135. The van der Waals surface area contributed by atoms with Gasteiger partial charge in [0.05, 0.1) is 5.75 Å². The molecule has 1 fully saturated rings. The van der Waals surface area contributed by atoms with Gasteiger partial charge in [-0.2, -0.15) is 8.42 Å². The average molecular weight is 343 g/mol. The zero-order valence-electron chi connectivity index (χ0n) is 11.9. The summed E-state index contributed by atoms with van der Waals surface area (Å²) < 4.78 is 28.0. The van der Waals surface area contributed by atoms with Crippen LogP contribution in [0.2, 0.25) is 0 Å². The molecule has 0 aromatic heterocycles. The molecule has 0 saturated carbocycles. The van der Waals surface area contributed by atoms with E-state index in [0.29, 0.717) is 18.5 Å². The van der Waals surface area contributed by atoms with E-state index >= 15 is 0 Å². The molecule has 1 N–H and O–H groups in total. The lowest BCUT2D eigenvalue weighted by atomic mass is 10.2. The number of thioether (sulfide) groups is 1. The maximum Gasteiger partial charge on any atom is 0.338 e. The summed E-state index contributed by atoms with van der Waals surface area (Å²) in [7, 11) is -3.96. The van der Waals surface area contributed by atoms with Gasteiger partial charge in [-0.3, -0.25) is 4.79 Å². The van der Waals surface area contributed by atoms with E-state index in [1.807, 2.05) is 0 Å². The normalized spacial score (nSPS) is 18.1. The molecule has 8 heteroatoms. The molecular formula is C14H17NO5S2. The van der Waals surface area contributed by atoms with Gasteiger partial charge in [0.2, 0.25) is 5.12 Å². The number of carbonyl (C=O) groups excluding carboxylic acids is 2. The Bertz CT molecular complexity index is 624. The molecule has 1 aromatic rings. The van der Waals surface area contributed by atoms with Crippen molar-refractivity contribution < 1.29 is 22.2 Å². The molecule has 1 aliphatic heterocycles. The lowest BCUT2D eigenvalue weighted by Gasteiger charge is -2.10. The van der Waals surface area contributed by atoms with Gasteiger partial charge in [0.15, 0.2) is 0 Å². The molecule has 2 rings (SSSR count). The molecule has 22 heavy (non-hydrogen) atoms. The molecule has 0 spiro atoms. The van der Waals surface area contributed by atoms with Crippen LogP contribution in [0, 0.1) is 0 Å². The van der Waals surface area contributed by atoms with Gasteiger partial charge in [0, 0.05) is 11.3 Å². The van der Waals surface area contributed by atoms with E-state index in [0.717, 1.165) is 18.2 Å². The van der Waals surface area contributed by atoms with Crippen LogP contribution in [0.25, 0.3) is 0 Å². The van der Waals surface area contributed by atoms with Crippen molar-refractivity contribution in [1.29, 1.82) is 0 Å². The van der Waals surface area contributed by atoms with Crippen molar-refractivity contribution in [2.45, 2.75) is 18.9 Å². The summed E-state index contributed by atoms with van der Waals surface area (Å²) in [5.74, 6) is -1.10.